The van der Waals surface area contributed by atoms with Gasteiger partial charge < -0.3 is 15.8 Å². The van der Waals surface area contributed by atoms with E-state index in [-0.39, 0.29) is 0 Å². The van der Waals surface area contributed by atoms with E-state index in [0.717, 1.165) is 36.6 Å². The Morgan fingerprint density at radius 1 is 1.47 bits per heavy atom. The summed E-state index contributed by atoms with van der Waals surface area (Å²) in [5.41, 5.74) is 8.92. The SMILES string of the molecule is Cc1cc(NCC2CN3CCCC3CO2)ccc1N. The highest BCUT2D eigenvalue weighted by Crippen LogP contribution is 2.23. The summed E-state index contributed by atoms with van der Waals surface area (Å²) in [5.74, 6) is 0. The monoisotopic (exact) mass is 261 g/mol. The maximum atomic E-state index is 5.94. The van der Waals surface area contributed by atoms with Gasteiger partial charge in [0.05, 0.1) is 12.7 Å². The molecule has 2 atom stereocenters. The number of anilines is 2. The minimum absolute atomic E-state index is 0.298. The normalized spacial score (nSPS) is 27.2. The summed E-state index contributed by atoms with van der Waals surface area (Å²) in [6, 6.07) is 6.76. The average molecular weight is 261 g/mol. The van der Waals surface area contributed by atoms with Crippen LogP contribution in [-0.2, 0) is 4.74 Å². The molecule has 0 radical (unpaired) electrons. The minimum atomic E-state index is 0.298. The second-order valence-corrected chi connectivity index (χ2v) is 5.70. The second-order valence-electron chi connectivity index (χ2n) is 5.70. The molecule has 1 aromatic carbocycles. The minimum Gasteiger partial charge on any atom is -0.399 e. The van der Waals surface area contributed by atoms with Crippen LogP contribution in [0.1, 0.15) is 18.4 Å². The Morgan fingerprint density at radius 3 is 3.21 bits per heavy atom. The fraction of sp³-hybridized carbons (Fsp3) is 0.600. The summed E-state index contributed by atoms with van der Waals surface area (Å²) < 4.78 is 5.94. The van der Waals surface area contributed by atoms with Crippen LogP contribution in [0.25, 0.3) is 0 Å². The summed E-state index contributed by atoms with van der Waals surface area (Å²) in [6.45, 7) is 6.10. The summed E-state index contributed by atoms with van der Waals surface area (Å²) in [7, 11) is 0. The number of nitrogen functional groups attached to an aromatic ring is 1. The first-order valence-electron chi connectivity index (χ1n) is 7.18. The van der Waals surface area contributed by atoms with Crippen LogP contribution >= 0.6 is 0 Å². The van der Waals surface area contributed by atoms with E-state index in [1.807, 2.05) is 19.1 Å². The van der Waals surface area contributed by atoms with Crippen molar-refractivity contribution in [3.05, 3.63) is 23.8 Å². The van der Waals surface area contributed by atoms with Crippen molar-refractivity contribution < 1.29 is 4.74 Å². The number of hydrogen-bond donors (Lipinski definition) is 2. The molecule has 104 valence electrons. The van der Waals surface area contributed by atoms with Crippen molar-refractivity contribution in [1.82, 2.24) is 4.90 Å². The molecule has 4 nitrogen and oxygen atoms in total. The molecule has 19 heavy (non-hydrogen) atoms. The molecule has 2 heterocycles. The lowest BCUT2D eigenvalue weighted by Crippen LogP contribution is -2.48. The Hall–Kier alpha value is -1.26. The van der Waals surface area contributed by atoms with E-state index in [9.17, 15) is 0 Å². The summed E-state index contributed by atoms with van der Waals surface area (Å²) in [4.78, 5) is 2.57. The number of ether oxygens (including phenoxy) is 1. The van der Waals surface area contributed by atoms with Gasteiger partial charge in [-0.25, -0.2) is 0 Å². The van der Waals surface area contributed by atoms with Gasteiger partial charge in [0.1, 0.15) is 0 Å². The van der Waals surface area contributed by atoms with Crippen molar-refractivity contribution in [2.75, 3.05) is 37.3 Å². The molecule has 0 amide bonds. The highest BCUT2D eigenvalue weighted by Gasteiger charge is 2.31. The van der Waals surface area contributed by atoms with Crippen LogP contribution in [0.4, 0.5) is 11.4 Å². The van der Waals surface area contributed by atoms with Gasteiger partial charge in [0, 0.05) is 30.5 Å². The topological polar surface area (TPSA) is 50.5 Å². The van der Waals surface area contributed by atoms with Crippen molar-refractivity contribution in [3.63, 3.8) is 0 Å². The Balaban J connectivity index is 1.53. The predicted molar refractivity (Wildman–Crippen MR) is 78.4 cm³/mol. The number of nitrogens with one attached hydrogen (secondary N) is 1. The standard InChI is InChI=1S/C15H23N3O/c1-11-7-12(4-5-15(11)16)17-8-14-9-18-6-2-3-13(18)10-19-14/h4-5,7,13-14,17H,2-3,6,8-10,16H2,1H3. The van der Waals surface area contributed by atoms with Crippen LogP contribution < -0.4 is 11.1 Å². The van der Waals surface area contributed by atoms with Gasteiger partial charge in [-0.15, -0.1) is 0 Å². The molecule has 4 heteroatoms. The maximum absolute atomic E-state index is 5.94. The molecule has 2 saturated heterocycles. The van der Waals surface area contributed by atoms with Crippen LogP contribution in [0.15, 0.2) is 18.2 Å². The second kappa shape index (κ2) is 5.39. The molecule has 0 aromatic heterocycles. The van der Waals surface area contributed by atoms with E-state index in [4.69, 9.17) is 10.5 Å². The Labute approximate surface area is 114 Å². The van der Waals surface area contributed by atoms with E-state index < -0.39 is 0 Å². The highest BCUT2D eigenvalue weighted by molar-refractivity contribution is 5.56. The van der Waals surface area contributed by atoms with Gasteiger partial charge in [-0.1, -0.05) is 0 Å². The molecule has 3 N–H and O–H groups in total. The molecule has 1 aromatic rings. The van der Waals surface area contributed by atoms with Crippen molar-refractivity contribution in [3.8, 4) is 0 Å². The van der Waals surface area contributed by atoms with Gasteiger partial charge in [0.2, 0.25) is 0 Å². The number of morpholine rings is 1. The van der Waals surface area contributed by atoms with Gasteiger partial charge in [0.25, 0.3) is 0 Å². The Kier molecular flexibility index (Phi) is 3.62. The van der Waals surface area contributed by atoms with Crippen molar-refractivity contribution in [2.24, 2.45) is 0 Å². The smallest absolute Gasteiger partial charge is 0.0874 e. The van der Waals surface area contributed by atoms with Gasteiger partial charge in [-0.2, -0.15) is 0 Å². The summed E-state index contributed by atoms with van der Waals surface area (Å²) in [5, 5.41) is 3.46. The first-order chi connectivity index (χ1) is 9.22. The summed E-state index contributed by atoms with van der Waals surface area (Å²) in [6.07, 6.45) is 2.93. The van der Waals surface area contributed by atoms with Gasteiger partial charge in [0.15, 0.2) is 0 Å². The predicted octanol–water partition coefficient (Wildman–Crippen LogP) is 1.85. The zero-order valence-corrected chi connectivity index (χ0v) is 11.6. The third-order valence-electron chi connectivity index (χ3n) is 4.27. The third kappa shape index (κ3) is 2.85. The summed E-state index contributed by atoms with van der Waals surface area (Å²) >= 11 is 0. The number of aryl methyl sites for hydroxylation is 1. The van der Waals surface area contributed by atoms with E-state index in [1.54, 1.807) is 0 Å². The van der Waals surface area contributed by atoms with Crippen molar-refractivity contribution >= 4 is 11.4 Å². The van der Waals surface area contributed by atoms with Gasteiger partial charge in [-0.3, -0.25) is 4.90 Å². The quantitative estimate of drug-likeness (QED) is 0.815. The molecule has 2 aliphatic heterocycles. The van der Waals surface area contributed by atoms with E-state index in [1.165, 1.54) is 19.4 Å². The Morgan fingerprint density at radius 2 is 2.37 bits per heavy atom. The lowest BCUT2D eigenvalue weighted by Gasteiger charge is -2.35. The molecule has 2 fully saturated rings. The van der Waals surface area contributed by atoms with E-state index in [0.29, 0.717) is 12.1 Å². The number of benzene rings is 1. The lowest BCUT2D eigenvalue weighted by molar-refractivity contribution is -0.0415. The van der Waals surface area contributed by atoms with Crippen LogP contribution in [0.3, 0.4) is 0 Å². The average Bonchev–Trinajstić information content (AvgIpc) is 2.87. The maximum Gasteiger partial charge on any atom is 0.0874 e. The van der Waals surface area contributed by atoms with Crippen molar-refractivity contribution in [2.45, 2.75) is 31.9 Å². The molecule has 0 aliphatic carbocycles. The van der Waals surface area contributed by atoms with Crippen LogP contribution in [0.5, 0.6) is 0 Å². The van der Waals surface area contributed by atoms with Crippen LogP contribution in [0, 0.1) is 6.92 Å². The zero-order chi connectivity index (χ0) is 13.2. The number of nitrogens with two attached hydrogens (primary N) is 1. The highest BCUT2D eigenvalue weighted by atomic mass is 16.5. The molecule has 0 bridgehead atoms. The molecule has 0 spiro atoms. The molecule has 2 aliphatic rings. The fourth-order valence-electron chi connectivity index (χ4n) is 3.03. The van der Waals surface area contributed by atoms with Crippen LogP contribution in [0.2, 0.25) is 0 Å². The van der Waals surface area contributed by atoms with Crippen LogP contribution in [-0.4, -0.2) is 43.3 Å². The number of hydrogen-bond acceptors (Lipinski definition) is 4. The number of nitrogens with zero attached hydrogens (tertiary/aromatic N) is 1. The van der Waals surface area contributed by atoms with Crippen molar-refractivity contribution in [1.29, 1.82) is 0 Å². The lowest BCUT2D eigenvalue weighted by atomic mass is 10.1. The van der Waals surface area contributed by atoms with E-state index in [2.05, 4.69) is 16.3 Å². The molecule has 2 unspecified atom stereocenters. The molecule has 3 rings (SSSR count). The molecule has 0 saturated carbocycles. The fourth-order valence-corrected chi connectivity index (χ4v) is 3.03. The molecular weight excluding hydrogens is 238 g/mol. The number of rotatable bonds is 3. The Bertz CT molecular complexity index is 449. The van der Waals surface area contributed by atoms with Gasteiger partial charge >= 0.3 is 0 Å². The first kappa shape index (κ1) is 12.8. The van der Waals surface area contributed by atoms with Gasteiger partial charge in [-0.05, 0) is 50.1 Å². The first-order valence-corrected chi connectivity index (χ1v) is 7.18. The zero-order valence-electron chi connectivity index (χ0n) is 11.6. The molecular formula is C15H23N3O. The van der Waals surface area contributed by atoms with E-state index >= 15 is 0 Å². The third-order valence-corrected chi connectivity index (χ3v) is 4.27. The largest absolute Gasteiger partial charge is 0.399 e. The number of fused-ring (bicyclic) bond motifs is 1.